The summed E-state index contributed by atoms with van der Waals surface area (Å²) in [5.74, 6) is 0. The Morgan fingerprint density at radius 3 is 2.73 bits per heavy atom. The number of halogens is 2. The molecule has 0 spiro atoms. The van der Waals surface area contributed by atoms with Gasteiger partial charge in [-0.05, 0) is 0 Å². The Balaban J connectivity index is 2.58. The van der Waals surface area contributed by atoms with Gasteiger partial charge in [-0.1, -0.05) is 36.9 Å². The molecule has 1 aliphatic heterocycles. The minimum Gasteiger partial charge on any atom is -0.349 e. The zero-order valence-corrected chi connectivity index (χ0v) is 8.62. The Labute approximate surface area is 80.1 Å². The fourth-order valence-corrected chi connectivity index (χ4v) is 1.71. The number of hydrogen-bond donors (Lipinski definition) is 0. The molecule has 1 aliphatic rings. The molecular weight excluding hydrogens is 284 g/mol. The Hall–Kier alpha value is 0.120. The predicted molar refractivity (Wildman–Crippen MR) is 45.1 cm³/mol. The van der Waals surface area contributed by atoms with Crippen LogP contribution < -0.4 is 0 Å². The molecule has 1 saturated heterocycles. The van der Waals surface area contributed by atoms with Gasteiger partial charge in [-0.2, -0.15) is 0 Å². The Morgan fingerprint density at radius 1 is 1.73 bits per heavy atom. The highest BCUT2D eigenvalue weighted by atomic mass is 79.9. The van der Waals surface area contributed by atoms with Crippen LogP contribution in [0.25, 0.3) is 0 Å². The second kappa shape index (κ2) is 3.68. The van der Waals surface area contributed by atoms with Gasteiger partial charge in [0.25, 0.3) is 0 Å². The Kier molecular flexibility index (Phi) is 3.08. The van der Waals surface area contributed by atoms with Gasteiger partial charge in [0.2, 0.25) is 6.23 Å². The number of ether oxygens (including phenoxy) is 1. The molecule has 0 amide bonds. The van der Waals surface area contributed by atoms with Gasteiger partial charge in [-0.3, -0.25) is 0 Å². The van der Waals surface area contributed by atoms with Crippen molar-refractivity contribution in [1.82, 2.24) is 5.01 Å². The van der Waals surface area contributed by atoms with Crippen molar-refractivity contribution in [3.8, 4) is 0 Å². The van der Waals surface area contributed by atoms with Gasteiger partial charge >= 0.3 is 0 Å². The first kappa shape index (κ1) is 9.21. The summed E-state index contributed by atoms with van der Waals surface area (Å²) in [6, 6.07) is 0. The van der Waals surface area contributed by atoms with Crippen molar-refractivity contribution >= 4 is 31.9 Å². The minimum atomic E-state index is -0.509. The van der Waals surface area contributed by atoms with E-state index in [2.05, 4.69) is 31.9 Å². The first-order chi connectivity index (χ1) is 5.13. The lowest BCUT2D eigenvalue weighted by Crippen LogP contribution is -2.38. The van der Waals surface area contributed by atoms with E-state index in [1.165, 1.54) is 0 Å². The van der Waals surface area contributed by atoms with Crippen molar-refractivity contribution in [3.05, 3.63) is 10.1 Å². The van der Waals surface area contributed by atoms with Gasteiger partial charge in [0, 0.05) is 0 Å². The van der Waals surface area contributed by atoms with E-state index in [4.69, 9.17) is 4.74 Å². The lowest BCUT2D eigenvalue weighted by Gasteiger charge is -2.15. The summed E-state index contributed by atoms with van der Waals surface area (Å²) in [4.78, 5) is 10.3. The fourth-order valence-electron chi connectivity index (χ4n) is 0.858. The lowest BCUT2D eigenvalue weighted by atomic mass is 10.6. The van der Waals surface area contributed by atoms with E-state index < -0.39 is 11.3 Å². The predicted octanol–water partition coefficient (Wildman–Crippen LogP) is 0.952. The van der Waals surface area contributed by atoms with Crippen LogP contribution in [0, 0.1) is 10.1 Å². The van der Waals surface area contributed by atoms with Crippen LogP contribution in [0.4, 0.5) is 0 Å². The molecule has 0 aromatic carbocycles. The van der Waals surface area contributed by atoms with Crippen LogP contribution in [-0.4, -0.2) is 33.2 Å². The number of rotatable bonds is 2. The summed E-state index contributed by atoms with van der Waals surface area (Å²) < 4.78 is 4.87. The first-order valence-corrected chi connectivity index (χ1v) is 4.77. The second-order valence-electron chi connectivity index (χ2n) is 2.00. The number of hydrogen-bond acceptors (Lipinski definition) is 3. The molecule has 0 aromatic heterocycles. The summed E-state index contributed by atoms with van der Waals surface area (Å²) in [6.45, 7) is 0.741. The van der Waals surface area contributed by atoms with Crippen molar-refractivity contribution in [2.24, 2.45) is 0 Å². The Morgan fingerprint density at radius 2 is 2.36 bits per heavy atom. The summed E-state index contributed by atoms with van der Waals surface area (Å²) >= 11 is 6.31. The van der Waals surface area contributed by atoms with Gasteiger partial charge in [-0.15, -0.1) is 0 Å². The van der Waals surface area contributed by atoms with Crippen LogP contribution >= 0.6 is 31.9 Å². The standard InChI is InChI=1S/C4H6Br2N2O3/c5-3(6)4-7(8(9)10)1-2-11-4/h3-4H,1-2H2. The molecule has 0 aromatic rings. The molecular formula is C4H6Br2N2O3. The summed E-state index contributed by atoms with van der Waals surface area (Å²) in [5, 5.41) is 10.9. The van der Waals surface area contributed by atoms with Crippen molar-refractivity contribution in [1.29, 1.82) is 0 Å². The second-order valence-corrected chi connectivity index (χ2v) is 5.20. The van der Waals surface area contributed by atoms with E-state index in [1.807, 2.05) is 0 Å². The molecule has 11 heavy (non-hydrogen) atoms. The lowest BCUT2D eigenvalue weighted by molar-refractivity contribution is -0.663. The van der Waals surface area contributed by atoms with E-state index in [9.17, 15) is 10.1 Å². The quantitative estimate of drug-likeness (QED) is 0.431. The van der Waals surface area contributed by atoms with Crippen molar-refractivity contribution in [2.45, 2.75) is 9.96 Å². The third-order valence-electron chi connectivity index (χ3n) is 1.33. The van der Waals surface area contributed by atoms with Crippen LogP contribution in [-0.2, 0) is 4.74 Å². The molecule has 0 aliphatic carbocycles. The van der Waals surface area contributed by atoms with Crippen molar-refractivity contribution in [2.75, 3.05) is 13.2 Å². The van der Waals surface area contributed by atoms with Crippen LogP contribution in [0.5, 0.6) is 0 Å². The molecule has 0 saturated carbocycles. The van der Waals surface area contributed by atoms with Crippen molar-refractivity contribution in [3.63, 3.8) is 0 Å². The highest BCUT2D eigenvalue weighted by Gasteiger charge is 2.36. The Bertz CT molecular complexity index is 165. The van der Waals surface area contributed by atoms with Crippen LogP contribution in [0.3, 0.4) is 0 Å². The number of nitrogens with zero attached hydrogens (tertiary/aromatic N) is 2. The number of nitro groups is 1. The van der Waals surface area contributed by atoms with Gasteiger partial charge in [-0.25, -0.2) is 10.1 Å². The molecule has 0 bridgehead atoms. The largest absolute Gasteiger partial charge is 0.349 e. The zero-order chi connectivity index (χ0) is 8.43. The monoisotopic (exact) mass is 288 g/mol. The van der Waals surface area contributed by atoms with E-state index in [-0.39, 0.29) is 3.74 Å². The maximum atomic E-state index is 10.3. The smallest absolute Gasteiger partial charge is 0.209 e. The molecule has 1 heterocycles. The van der Waals surface area contributed by atoms with Gasteiger partial charge < -0.3 is 4.74 Å². The molecule has 1 rings (SSSR count). The normalized spacial score (nSPS) is 24.6. The molecule has 1 atom stereocenters. The highest BCUT2D eigenvalue weighted by Crippen LogP contribution is 2.23. The molecule has 64 valence electrons. The molecule has 7 heteroatoms. The van der Waals surface area contributed by atoms with Gasteiger partial charge in [0.1, 0.15) is 10.3 Å². The number of alkyl halides is 2. The average Bonchev–Trinajstić information content (AvgIpc) is 2.32. The molecule has 1 unspecified atom stereocenters. The maximum absolute atomic E-state index is 10.3. The van der Waals surface area contributed by atoms with Crippen LogP contribution in [0.2, 0.25) is 0 Å². The van der Waals surface area contributed by atoms with Gasteiger partial charge in [0.05, 0.1) is 6.61 Å². The van der Waals surface area contributed by atoms with Crippen LogP contribution in [0.1, 0.15) is 0 Å². The zero-order valence-electron chi connectivity index (χ0n) is 5.44. The summed E-state index contributed by atoms with van der Waals surface area (Å²) in [6.07, 6.45) is -0.509. The molecule has 0 radical (unpaired) electrons. The topological polar surface area (TPSA) is 55.6 Å². The van der Waals surface area contributed by atoms with Gasteiger partial charge in [0.15, 0.2) is 5.03 Å². The fraction of sp³-hybridized carbons (Fsp3) is 1.00. The SMILES string of the molecule is O=[N+]([O-])N1CCOC1C(Br)Br. The highest BCUT2D eigenvalue weighted by molar-refractivity contribution is 9.24. The minimum absolute atomic E-state index is 0.206. The third-order valence-corrected chi connectivity index (χ3v) is 2.23. The van der Waals surface area contributed by atoms with Crippen LogP contribution in [0.15, 0.2) is 0 Å². The van der Waals surface area contributed by atoms with E-state index in [0.717, 1.165) is 5.01 Å². The first-order valence-electron chi connectivity index (χ1n) is 2.93. The van der Waals surface area contributed by atoms with Crippen molar-refractivity contribution < 1.29 is 9.77 Å². The summed E-state index contributed by atoms with van der Waals surface area (Å²) in [7, 11) is 0. The number of hydrazine groups is 1. The molecule has 1 fully saturated rings. The van der Waals surface area contributed by atoms with E-state index in [0.29, 0.717) is 13.2 Å². The molecule has 5 nitrogen and oxygen atoms in total. The maximum Gasteiger partial charge on any atom is 0.209 e. The van der Waals surface area contributed by atoms with E-state index in [1.54, 1.807) is 0 Å². The summed E-state index contributed by atoms with van der Waals surface area (Å²) in [5.41, 5.74) is 0. The molecule has 0 N–H and O–H groups in total. The third kappa shape index (κ3) is 2.03. The average molecular weight is 290 g/mol. The van der Waals surface area contributed by atoms with E-state index >= 15 is 0 Å².